The van der Waals surface area contributed by atoms with Crippen LogP contribution in [0.3, 0.4) is 0 Å². The molecule has 11 rings (SSSR count). The summed E-state index contributed by atoms with van der Waals surface area (Å²) in [6.07, 6.45) is 5.38. The summed E-state index contributed by atoms with van der Waals surface area (Å²) in [6.45, 7) is 0. The van der Waals surface area contributed by atoms with E-state index < -0.39 is 7.81 Å². The molecule has 14 heteroatoms. The fraction of sp³-hybridized carbons (Fsp3) is 0. The summed E-state index contributed by atoms with van der Waals surface area (Å²) in [6, 6.07) is 70.1. The van der Waals surface area contributed by atoms with Crippen LogP contribution >= 0.6 is 7.81 Å². The zero-order valence-electron chi connectivity index (χ0n) is 36.4. The van der Waals surface area contributed by atoms with Crippen molar-refractivity contribution in [1.29, 1.82) is 0 Å². The Hall–Kier alpha value is -7.82. The van der Waals surface area contributed by atoms with E-state index in [9.17, 15) is 34.8 Å². The van der Waals surface area contributed by atoms with Crippen LogP contribution in [-0.2, 0) is 20.1 Å². The van der Waals surface area contributed by atoms with Crippen LogP contribution in [0.25, 0.3) is 88.4 Å². The molecule has 7 aromatic carbocycles. The Labute approximate surface area is 411 Å². The van der Waals surface area contributed by atoms with E-state index in [1.807, 2.05) is 109 Å². The van der Waals surface area contributed by atoms with E-state index in [-0.39, 0.29) is 20.1 Å². The summed E-state index contributed by atoms with van der Waals surface area (Å²) in [7, 11) is -10.7. The smallest absolute Gasteiger partial charge is 0.298 e. The minimum Gasteiger partial charge on any atom is -0.298 e. The van der Waals surface area contributed by atoms with Gasteiger partial charge in [-0.25, -0.2) is 9.97 Å². The van der Waals surface area contributed by atoms with E-state index >= 15 is 0 Å². The van der Waals surface area contributed by atoms with Gasteiger partial charge in [0.25, 0.3) is 0 Å². The average molecular weight is 1130 g/mol. The largest absolute Gasteiger partial charge is 3.00 e. The number of carbonyl (C=O) groups excluding carboxylic acids is 2. The molecule has 0 N–H and O–H groups in total. The van der Waals surface area contributed by atoms with E-state index in [4.69, 9.17) is 0 Å². The van der Waals surface area contributed by atoms with Crippen molar-refractivity contribution in [3.63, 3.8) is 0 Å². The molecule has 0 fully saturated rings. The Bertz CT molecular complexity index is 3360. The fourth-order valence-electron chi connectivity index (χ4n) is 7.34. The summed E-state index contributed by atoms with van der Waals surface area (Å²) in [5.74, 6) is 0. The SMILES string of the molecule is F[P-](F)(F)(F)(F)F.O=Cc1c[c]c(-c2ccc3ccccc3n2)cc1.O=Cc1c[c]c(-c2ccc3ccccc3n2)cc1.[Ir+3].c1ccc(-c2ccnc3c2ccc2c(-c4ccccc4)ccnc23)cc1. The molecule has 0 atom stereocenters. The van der Waals surface area contributed by atoms with Crippen molar-refractivity contribution in [1.82, 2.24) is 19.9 Å². The number of halogens is 6. The third-order valence-electron chi connectivity index (χ3n) is 10.5. The maximum atomic E-state index is 10.6. The van der Waals surface area contributed by atoms with Gasteiger partial charge in [-0.05, 0) is 82.9 Å². The Morgan fingerprint density at radius 2 is 0.786 bits per heavy atom. The van der Waals surface area contributed by atoms with Gasteiger partial charge in [0.05, 0.1) is 33.5 Å². The van der Waals surface area contributed by atoms with Crippen LogP contribution in [0.15, 0.2) is 207 Å². The molecule has 0 unspecified atom stereocenters. The van der Waals surface area contributed by atoms with Crippen molar-refractivity contribution in [2.75, 3.05) is 0 Å². The minimum absolute atomic E-state index is 0. The van der Waals surface area contributed by atoms with Crippen LogP contribution in [0.2, 0.25) is 0 Å². The Kier molecular flexibility index (Phi) is 14.9. The molecule has 0 saturated heterocycles. The van der Waals surface area contributed by atoms with Gasteiger partial charge in [0, 0.05) is 56.2 Å². The van der Waals surface area contributed by atoms with Gasteiger partial charge in [-0.15, -0.1) is 0 Å². The number of fused-ring (bicyclic) bond motifs is 5. The van der Waals surface area contributed by atoms with Gasteiger partial charge in [-0.2, -0.15) is 0 Å². The normalized spacial score (nSPS) is 11.8. The van der Waals surface area contributed by atoms with Crippen molar-refractivity contribution < 1.29 is 54.9 Å². The quantitative estimate of drug-likeness (QED) is 0.0714. The van der Waals surface area contributed by atoms with Gasteiger partial charge >= 0.3 is 53.1 Å². The minimum atomic E-state index is -10.7. The number of aromatic nitrogens is 4. The summed E-state index contributed by atoms with van der Waals surface area (Å²) in [4.78, 5) is 39.7. The first-order chi connectivity index (χ1) is 33.1. The number of pyridine rings is 4. The van der Waals surface area contributed by atoms with Crippen molar-refractivity contribution in [3.8, 4) is 44.8 Å². The summed E-state index contributed by atoms with van der Waals surface area (Å²) < 4.78 is 59.2. The zero-order chi connectivity index (χ0) is 48.5. The van der Waals surface area contributed by atoms with E-state index in [0.29, 0.717) is 11.1 Å². The van der Waals surface area contributed by atoms with E-state index in [0.717, 1.165) is 78.7 Å². The number of rotatable bonds is 6. The predicted octanol–water partition coefficient (Wildman–Crippen LogP) is 16.5. The summed E-state index contributed by atoms with van der Waals surface area (Å²) >= 11 is 0. The number of hydrogen-bond acceptors (Lipinski definition) is 6. The molecule has 0 saturated carbocycles. The number of benzene rings is 7. The van der Waals surface area contributed by atoms with Crippen molar-refractivity contribution in [2.24, 2.45) is 0 Å². The molecular weight excluding hydrogens is 1100 g/mol. The van der Waals surface area contributed by atoms with Gasteiger partial charge in [-0.3, -0.25) is 19.6 Å². The predicted molar refractivity (Wildman–Crippen MR) is 264 cm³/mol. The third kappa shape index (κ3) is 13.5. The maximum absolute atomic E-state index is 10.7. The molecule has 6 nitrogen and oxygen atoms in total. The fourth-order valence-corrected chi connectivity index (χ4v) is 7.34. The third-order valence-corrected chi connectivity index (χ3v) is 10.5. The molecule has 0 aliphatic carbocycles. The molecule has 11 aromatic rings. The van der Waals surface area contributed by atoms with Crippen molar-refractivity contribution in [2.45, 2.75) is 0 Å². The first kappa shape index (κ1) is 50.1. The number of nitrogens with zero attached hydrogens (tertiary/aromatic N) is 4. The van der Waals surface area contributed by atoms with E-state index in [1.54, 1.807) is 24.3 Å². The average Bonchev–Trinajstić information content (AvgIpc) is 3.38. The molecule has 2 radical (unpaired) electrons. The summed E-state index contributed by atoms with van der Waals surface area (Å²) in [5.41, 5.74) is 13.3. The number of aldehydes is 2. The molecule has 4 aromatic heterocycles. The second-order valence-electron chi connectivity index (χ2n) is 15.4. The van der Waals surface area contributed by atoms with Gasteiger partial charge in [-0.1, -0.05) is 146 Å². The molecular formula is C56H36F6IrN4O2P+2. The molecule has 0 aliphatic rings. The van der Waals surface area contributed by atoms with Gasteiger partial charge in [0.1, 0.15) is 12.6 Å². The molecule has 0 spiro atoms. The topological polar surface area (TPSA) is 85.7 Å². The van der Waals surface area contributed by atoms with Crippen LogP contribution in [-0.4, -0.2) is 32.5 Å². The van der Waals surface area contributed by atoms with Gasteiger partial charge < -0.3 is 0 Å². The van der Waals surface area contributed by atoms with Crippen molar-refractivity contribution in [3.05, 3.63) is 230 Å². The second-order valence-corrected chi connectivity index (χ2v) is 17.3. The molecule has 70 heavy (non-hydrogen) atoms. The van der Waals surface area contributed by atoms with Crippen LogP contribution in [0.1, 0.15) is 20.7 Å². The zero-order valence-corrected chi connectivity index (χ0v) is 39.7. The monoisotopic (exact) mass is 1130 g/mol. The first-order valence-corrected chi connectivity index (χ1v) is 23.1. The summed E-state index contributed by atoms with van der Waals surface area (Å²) in [5, 5.41) is 4.49. The van der Waals surface area contributed by atoms with E-state index in [2.05, 4.69) is 105 Å². The first-order valence-electron chi connectivity index (χ1n) is 21.1. The van der Waals surface area contributed by atoms with Gasteiger partial charge in [0.2, 0.25) is 0 Å². The van der Waals surface area contributed by atoms with Gasteiger partial charge in [0.15, 0.2) is 0 Å². The Balaban J connectivity index is 0.000000147. The van der Waals surface area contributed by atoms with Crippen LogP contribution in [0.5, 0.6) is 0 Å². The Morgan fingerprint density at radius 3 is 1.14 bits per heavy atom. The van der Waals surface area contributed by atoms with Crippen LogP contribution < -0.4 is 0 Å². The van der Waals surface area contributed by atoms with Crippen molar-refractivity contribution >= 4 is 64.0 Å². The number of carbonyl (C=O) groups is 2. The molecule has 0 amide bonds. The number of hydrogen-bond donors (Lipinski definition) is 0. The van der Waals surface area contributed by atoms with Crippen LogP contribution in [0.4, 0.5) is 25.2 Å². The molecule has 4 heterocycles. The molecule has 0 aliphatic heterocycles. The maximum Gasteiger partial charge on any atom is 3.00 e. The second kappa shape index (κ2) is 20.8. The standard InChI is InChI=1S/C24H16N2.2C16H10NO.F6P.Ir/c1-3-7-17(8-4-1)19-13-15-25-23-21(19)11-12-22-20(14-16-26-24(22)23)18-9-5-2-6-10-18;2*18-11-12-5-7-14(8-6-12)16-10-9-13-3-1-2-4-15(13)17-16;1-7(2,3,4,5)6;/h1-16H;2*1-7,9-11H;;/q;;;-1;+3. The Morgan fingerprint density at radius 1 is 0.414 bits per heavy atom. The number of para-hydroxylation sites is 2. The van der Waals surface area contributed by atoms with E-state index in [1.165, 1.54) is 22.3 Å². The molecule has 0 bridgehead atoms. The molecule has 346 valence electrons. The van der Waals surface area contributed by atoms with Crippen LogP contribution in [0, 0.1) is 12.1 Å².